The molecule has 0 spiro atoms. The summed E-state index contributed by atoms with van der Waals surface area (Å²) in [6.45, 7) is 3.99. The van der Waals surface area contributed by atoms with Crippen molar-refractivity contribution in [2.75, 3.05) is 37.6 Å². The number of aromatic nitrogens is 1. The molecule has 168 valence electrons. The number of nitrogens with one attached hydrogen (secondary N) is 2. The van der Waals surface area contributed by atoms with E-state index in [0.717, 1.165) is 0 Å². The molecule has 1 saturated heterocycles. The first kappa shape index (κ1) is 21.8. The summed E-state index contributed by atoms with van der Waals surface area (Å²) in [7, 11) is -3.96. The summed E-state index contributed by atoms with van der Waals surface area (Å²) >= 11 is 0. The van der Waals surface area contributed by atoms with Gasteiger partial charge < -0.3 is 19.4 Å². The third-order valence-corrected chi connectivity index (χ3v) is 6.49. The van der Waals surface area contributed by atoms with Gasteiger partial charge in [-0.05, 0) is 49.4 Å². The molecule has 10 heteroatoms. The fourth-order valence-electron chi connectivity index (χ4n) is 3.46. The number of morpholine rings is 1. The molecule has 1 aliphatic heterocycles. The molecule has 0 atom stereocenters. The predicted octanol–water partition coefficient (Wildman–Crippen LogP) is 2.20. The van der Waals surface area contributed by atoms with E-state index in [2.05, 4.69) is 9.71 Å². The van der Waals surface area contributed by atoms with Gasteiger partial charge in [0.2, 0.25) is 5.43 Å². The number of ether oxygens (including phenoxy) is 2. The number of hydrogen-bond donors (Lipinski definition) is 2. The highest BCUT2D eigenvalue weighted by Crippen LogP contribution is 2.21. The smallest absolute Gasteiger partial charge is 0.261 e. The number of benzene rings is 2. The number of carbonyl (C=O) groups excluding carboxylic acids is 1. The van der Waals surface area contributed by atoms with E-state index in [9.17, 15) is 18.0 Å². The molecule has 1 fully saturated rings. The van der Waals surface area contributed by atoms with Crippen LogP contribution in [-0.2, 0) is 14.8 Å². The molecule has 1 aliphatic rings. The first-order valence-electron chi connectivity index (χ1n) is 10.2. The zero-order valence-corrected chi connectivity index (χ0v) is 18.3. The lowest BCUT2D eigenvalue weighted by Gasteiger charge is -2.26. The second-order valence-electron chi connectivity index (χ2n) is 7.21. The van der Waals surface area contributed by atoms with Crippen molar-refractivity contribution in [2.45, 2.75) is 11.8 Å². The Balaban J connectivity index is 1.65. The summed E-state index contributed by atoms with van der Waals surface area (Å²) in [5.74, 6) is 0.224. The maximum absolute atomic E-state index is 13.0. The second kappa shape index (κ2) is 9.01. The van der Waals surface area contributed by atoms with E-state index < -0.39 is 21.4 Å². The van der Waals surface area contributed by atoms with Crippen LogP contribution in [-0.4, -0.2) is 57.1 Å². The van der Waals surface area contributed by atoms with Crippen molar-refractivity contribution in [1.82, 2.24) is 9.88 Å². The van der Waals surface area contributed by atoms with Crippen molar-refractivity contribution in [3.63, 3.8) is 0 Å². The van der Waals surface area contributed by atoms with E-state index >= 15 is 0 Å². The number of hydrogen-bond acceptors (Lipinski definition) is 6. The molecular formula is C22H23N3O6S. The molecule has 0 saturated carbocycles. The van der Waals surface area contributed by atoms with Crippen molar-refractivity contribution < 1.29 is 22.7 Å². The van der Waals surface area contributed by atoms with Gasteiger partial charge in [0.25, 0.3) is 15.9 Å². The summed E-state index contributed by atoms with van der Waals surface area (Å²) in [5, 5.41) is 0.124. The lowest BCUT2D eigenvalue weighted by molar-refractivity contribution is 0.0302. The highest BCUT2D eigenvalue weighted by molar-refractivity contribution is 7.92. The van der Waals surface area contributed by atoms with Crippen LogP contribution in [0.1, 0.15) is 17.3 Å². The molecular weight excluding hydrogens is 434 g/mol. The van der Waals surface area contributed by atoms with Gasteiger partial charge in [-0.1, -0.05) is 0 Å². The van der Waals surface area contributed by atoms with Crippen molar-refractivity contribution in [1.29, 1.82) is 0 Å². The third kappa shape index (κ3) is 4.46. The van der Waals surface area contributed by atoms with Gasteiger partial charge in [0.15, 0.2) is 0 Å². The van der Waals surface area contributed by atoms with Crippen LogP contribution in [0.3, 0.4) is 0 Å². The van der Waals surface area contributed by atoms with Gasteiger partial charge in [-0.25, -0.2) is 8.42 Å². The molecule has 2 heterocycles. The maximum atomic E-state index is 13.0. The third-order valence-electron chi connectivity index (χ3n) is 5.11. The number of amides is 1. The maximum Gasteiger partial charge on any atom is 0.261 e. The molecule has 1 aromatic heterocycles. The van der Waals surface area contributed by atoms with E-state index in [1.165, 1.54) is 24.4 Å². The standard InChI is InChI=1S/C22H23N3O6S/c1-2-31-16-5-3-15(4-6-16)24-32(28,29)17-7-8-20-18(13-17)21(26)19(14-23-20)22(27)25-9-11-30-12-10-25/h3-8,13-14,24H,2,9-12H2,1H3,(H,23,26). The quantitative estimate of drug-likeness (QED) is 0.586. The zero-order valence-electron chi connectivity index (χ0n) is 17.5. The van der Waals surface area contributed by atoms with Crippen molar-refractivity contribution in [3.8, 4) is 5.75 Å². The number of nitrogens with zero attached hydrogens (tertiary/aromatic N) is 1. The molecule has 32 heavy (non-hydrogen) atoms. The fraction of sp³-hybridized carbons (Fsp3) is 0.273. The van der Waals surface area contributed by atoms with E-state index in [1.807, 2.05) is 6.92 Å². The summed E-state index contributed by atoms with van der Waals surface area (Å²) in [5.41, 5.74) is 0.244. The topological polar surface area (TPSA) is 118 Å². The lowest BCUT2D eigenvalue weighted by atomic mass is 10.1. The molecule has 2 aromatic carbocycles. The molecule has 2 N–H and O–H groups in total. The van der Waals surface area contributed by atoms with Gasteiger partial charge in [-0.2, -0.15) is 0 Å². The zero-order chi connectivity index (χ0) is 22.7. The molecule has 0 unspecified atom stereocenters. The minimum atomic E-state index is -3.96. The van der Waals surface area contributed by atoms with Crippen LogP contribution in [0.4, 0.5) is 5.69 Å². The molecule has 0 bridgehead atoms. The number of pyridine rings is 1. The molecule has 3 aromatic rings. The lowest BCUT2D eigenvalue weighted by Crippen LogP contribution is -2.42. The van der Waals surface area contributed by atoms with Gasteiger partial charge in [0.1, 0.15) is 11.3 Å². The average molecular weight is 458 g/mol. The summed E-state index contributed by atoms with van der Waals surface area (Å²) in [6.07, 6.45) is 1.37. The Bertz CT molecular complexity index is 1300. The monoisotopic (exact) mass is 457 g/mol. The Labute approximate surface area is 185 Å². The first-order chi connectivity index (χ1) is 15.4. The van der Waals surface area contributed by atoms with Crippen LogP contribution >= 0.6 is 0 Å². The Kier molecular flexibility index (Phi) is 6.15. The molecule has 0 radical (unpaired) electrons. The highest BCUT2D eigenvalue weighted by atomic mass is 32.2. The van der Waals surface area contributed by atoms with Crippen LogP contribution in [0.2, 0.25) is 0 Å². The Morgan fingerprint density at radius 1 is 1.16 bits per heavy atom. The highest BCUT2D eigenvalue weighted by Gasteiger charge is 2.23. The molecule has 0 aliphatic carbocycles. The minimum Gasteiger partial charge on any atom is -0.494 e. The number of fused-ring (bicyclic) bond motifs is 1. The molecule has 4 rings (SSSR count). The number of H-pyrrole nitrogens is 1. The van der Waals surface area contributed by atoms with Crippen LogP contribution in [0.15, 0.2) is 58.4 Å². The van der Waals surface area contributed by atoms with Crippen molar-refractivity contribution in [2.24, 2.45) is 0 Å². The first-order valence-corrected chi connectivity index (χ1v) is 11.7. The largest absolute Gasteiger partial charge is 0.494 e. The van der Waals surface area contributed by atoms with E-state index in [-0.39, 0.29) is 15.8 Å². The van der Waals surface area contributed by atoms with Crippen LogP contribution in [0, 0.1) is 0 Å². The molecule has 1 amide bonds. The minimum absolute atomic E-state index is 0.0339. The van der Waals surface area contributed by atoms with Gasteiger partial charge in [0, 0.05) is 35.9 Å². The van der Waals surface area contributed by atoms with Crippen LogP contribution in [0.5, 0.6) is 5.75 Å². The Morgan fingerprint density at radius 2 is 1.88 bits per heavy atom. The van der Waals surface area contributed by atoms with E-state index in [4.69, 9.17) is 9.47 Å². The number of anilines is 1. The predicted molar refractivity (Wildman–Crippen MR) is 120 cm³/mol. The fourth-order valence-corrected chi connectivity index (χ4v) is 4.54. The summed E-state index contributed by atoms with van der Waals surface area (Å²) in [4.78, 5) is 30.2. The Morgan fingerprint density at radius 3 is 2.56 bits per heavy atom. The van der Waals surface area contributed by atoms with E-state index in [1.54, 1.807) is 29.2 Å². The SMILES string of the molecule is CCOc1ccc(NS(=O)(=O)c2ccc3[nH]cc(C(=O)N4CCOCC4)c(=O)c3c2)cc1. The molecule has 9 nitrogen and oxygen atoms in total. The summed E-state index contributed by atoms with van der Waals surface area (Å²) in [6, 6.07) is 10.7. The van der Waals surface area contributed by atoms with Gasteiger partial charge in [0.05, 0.1) is 24.7 Å². The van der Waals surface area contributed by atoms with Crippen molar-refractivity contribution in [3.05, 3.63) is 64.4 Å². The van der Waals surface area contributed by atoms with Crippen molar-refractivity contribution >= 4 is 32.5 Å². The number of carbonyl (C=O) groups is 1. The summed E-state index contributed by atoms with van der Waals surface area (Å²) < 4.78 is 38.9. The normalized spacial score (nSPS) is 14.3. The average Bonchev–Trinajstić information content (AvgIpc) is 2.80. The van der Waals surface area contributed by atoms with Gasteiger partial charge >= 0.3 is 0 Å². The van der Waals surface area contributed by atoms with Gasteiger partial charge in [-0.3, -0.25) is 14.3 Å². The van der Waals surface area contributed by atoms with Crippen LogP contribution < -0.4 is 14.9 Å². The van der Waals surface area contributed by atoms with Crippen LogP contribution in [0.25, 0.3) is 10.9 Å². The Hall–Kier alpha value is -3.37. The number of rotatable bonds is 6. The number of aromatic amines is 1. The van der Waals surface area contributed by atoms with E-state index in [0.29, 0.717) is 49.9 Å². The second-order valence-corrected chi connectivity index (χ2v) is 8.89. The van der Waals surface area contributed by atoms with Gasteiger partial charge in [-0.15, -0.1) is 0 Å². The number of sulfonamides is 1.